The van der Waals surface area contributed by atoms with Gasteiger partial charge in [0.25, 0.3) is 5.69 Å². The van der Waals surface area contributed by atoms with Crippen molar-refractivity contribution in [3.05, 3.63) is 74.8 Å². The fourth-order valence-corrected chi connectivity index (χ4v) is 1.88. The van der Waals surface area contributed by atoms with Crippen molar-refractivity contribution in [1.29, 1.82) is 0 Å². The molecule has 0 unspecified atom stereocenters. The molecule has 0 saturated heterocycles. The molecule has 0 bridgehead atoms. The Morgan fingerprint density at radius 1 is 1.14 bits per heavy atom. The minimum atomic E-state index is -0.692. The molecule has 0 atom stereocenters. The van der Waals surface area contributed by atoms with Crippen molar-refractivity contribution in [3.63, 3.8) is 0 Å². The number of oxime groups is 1. The number of rotatable bonds is 4. The van der Waals surface area contributed by atoms with Crippen LogP contribution in [0.4, 0.5) is 5.69 Å². The van der Waals surface area contributed by atoms with E-state index < -0.39 is 10.9 Å². The van der Waals surface area contributed by atoms with E-state index in [0.717, 1.165) is 6.07 Å². The van der Waals surface area contributed by atoms with E-state index in [0.29, 0.717) is 5.56 Å². The van der Waals surface area contributed by atoms with Crippen molar-refractivity contribution in [3.8, 4) is 0 Å². The van der Waals surface area contributed by atoms with Gasteiger partial charge in [0.05, 0.1) is 10.5 Å². The van der Waals surface area contributed by atoms with Gasteiger partial charge in [-0.25, -0.2) is 4.79 Å². The molecular formula is C14H8Cl2N2O4. The summed E-state index contributed by atoms with van der Waals surface area (Å²) >= 11 is 11.6. The van der Waals surface area contributed by atoms with Crippen LogP contribution in [0.1, 0.15) is 15.9 Å². The van der Waals surface area contributed by atoms with Gasteiger partial charge in [-0.3, -0.25) is 10.1 Å². The van der Waals surface area contributed by atoms with E-state index in [4.69, 9.17) is 23.2 Å². The van der Waals surface area contributed by atoms with Crippen LogP contribution in [0.25, 0.3) is 0 Å². The second-order valence-corrected chi connectivity index (χ2v) is 4.82. The Labute approximate surface area is 135 Å². The summed E-state index contributed by atoms with van der Waals surface area (Å²) in [4.78, 5) is 26.5. The molecule has 0 aliphatic heterocycles. The van der Waals surface area contributed by atoms with E-state index in [2.05, 4.69) is 9.99 Å². The van der Waals surface area contributed by atoms with Gasteiger partial charge in [-0.2, -0.15) is 0 Å². The molecule has 0 aromatic heterocycles. The summed E-state index contributed by atoms with van der Waals surface area (Å²) in [6.07, 6.45) is 0. The van der Waals surface area contributed by atoms with Gasteiger partial charge in [-0.05, 0) is 24.3 Å². The molecule has 0 heterocycles. The molecule has 0 N–H and O–H groups in total. The van der Waals surface area contributed by atoms with E-state index in [1.807, 2.05) is 0 Å². The van der Waals surface area contributed by atoms with Gasteiger partial charge in [-0.1, -0.05) is 46.6 Å². The first kappa shape index (κ1) is 15.9. The highest BCUT2D eigenvalue weighted by Gasteiger charge is 2.15. The molecule has 0 amide bonds. The largest absolute Gasteiger partial charge is 0.365 e. The van der Waals surface area contributed by atoms with Crippen LogP contribution < -0.4 is 0 Å². The van der Waals surface area contributed by atoms with Gasteiger partial charge in [0.2, 0.25) is 0 Å². The molecule has 0 aliphatic carbocycles. The summed E-state index contributed by atoms with van der Waals surface area (Å²) in [6.45, 7) is 0. The van der Waals surface area contributed by atoms with Crippen molar-refractivity contribution < 1.29 is 14.6 Å². The summed E-state index contributed by atoms with van der Waals surface area (Å²) < 4.78 is 0. The number of carbonyl (C=O) groups excluding carboxylic acids is 1. The molecule has 6 nitrogen and oxygen atoms in total. The quantitative estimate of drug-likeness (QED) is 0.365. The molecular weight excluding hydrogens is 331 g/mol. The fourth-order valence-electron chi connectivity index (χ4n) is 1.54. The van der Waals surface area contributed by atoms with Gasteiger partial charge < -0.3 is 4.84 Å². The maximum atomic E-state index is 11.7. The van der Waals surface area contributed by atoms with Gasteiger partial charge in [0.1, 0.15) is 5.02 Å². The topological polar surface area (TPSA) is 81.8 Å². The van der Waals surface area contributed by atoms with Crippen LogP contribution in [0.2, 0.25) is 5.02 Å². The Hall–Kier alpha value is -2.44. The molecule has 0 spiro atoms. The van der Waals surface area contributed by atoms with Crippen LogP contribution in [0.5, 0.6) is 0 Å². The van der Waals surface area contributed by atoms with Crippen molar-refractivity contribution in [1.82, 2.24) is 0 Å². The zero-order chi connectivity index (χ0) is 16.1. The van der Waals surface area contributed by atoms with E-state index in [9.17, 15) is 14.9 Å². The normalized spacial score (nSPS) is 11.1. The third-order valence-corrected chi connectivity index (χ3v) is 3.21. The minimum absolute atomic E-state index is 0.0282. The molecule has 22 heavy (non-hydrogen) atoms. The first-order chi connectivity index (χ1) is 10.5. The first-order valence-electron chi connectivity index (χ1n) is 5.93. The van der Waals surface area contributed by atoms with Crippen molar-refractivity contribution in [2.45, 2.75) is 0 Å². The van der Waals surface area contributed by atoms with Crippen LogP contribution in [0, 0.1) is 10.1 Å². The Morgan fingerprint density at radius 2 is 1.82 bits per heavy atom. The molecule has 0 fully saturated rings. The van der Waals surface area contributed by atoms with E-state index in [1.54, 1.807) is 30.3 Å². The molecule has 0 aliphatic rings. The summed E-state index contributed by atoms with van der Waals surface area (Å²) in [5.41, 5.74) is 0.193. The van der Waals surface area contributed by atoms with Gasteiger partial charge in [-0.15, -0.1) is 0 Å². The predicted molar refractivity (Wildman–Crippen MR) is 82.4 cm³/mol. The smallest absolute Gasteiger partial charge is 0.311 e. The average molecular weight is 339 g/mol. The molecule has 0 saturated carbocycles. The number of hydrogen-bond donors (Lipinski definition) is 0. The van der Waals surface area contributed by atoms with Crippen LogP contribution >= 0.6 is 23.2 Å². The number of hydrogen-bond acceptors (Lipinski definition) is 5. The zero-order valence-electron chi connectivity index (χ0n) is 10.9. The SMILES string of the molecule is O=C(O/N=C(\Cl)c1ccc(Cl)c([N+](=O)[O-])c1)c1ccccc1. The Morgan fingerprint density at radius 3 is 2.45 bits per heavy atom. The Balaban J connectivity index is 2.18. The van der Waals surface area contributed by atoms with Crippen LogP contribution in [-0.4, -0.2) is 16.1 Å². The van der Waals surface area contributed by atoms with E-state index in [-0.39, 0.29) is 21.4 Å². The van der Waals surface area contributed by atoms with Crippen molar-refractivity contribution in [2.24, 2.45) is 5.16 Å². The van der Waals surface area contributed by atoms with E-state index in [1.165, 1.54) is 12.1 Å². The average Bonchev–Trinajstić information content (AvgIpc) is 2.53. The molecule has 2 aromatic carbocycles. The fraction of sp³-hybridized carbons (Fsp3) is 0. The number of carbonyl (C=O) groups is 1. The zero-order valence-corrected chi connectivity index (χ0v) is 12.4. The lowest BCUT2D eigenvalue weighted by Gasteiger charge is -2.01. The van der Waals surface area contributed by atoms with Crippen LogP contribution in [-0.2, 0) is 4.84 Å². The van der Waals surface area contributed by atoms with Crippen molar-refractivity contribution >= 4 is 40.0 Å². The molecule has 112 valence electrons. The molecule has 2 aromatic rings. The van der Waals surface area contributed by atoms with Gasteiger partial charge in [0, 0.05) is 11.6 Å². The lowest BCUT2D eigenvalue weighted by atomic mass is 10.2. The molecule has 0 radical (unpaired) electrons. The van der Waals surface area contributed by atoms with Crippen molar-refractivity contribution in [2.75, 3.05) is 0 Å². The highest BCUT2D eigenvalue weighted by molar-refractivity contribution is 6.69. The summed E-state index contributed by atoms with van der Waals surface area (Å²) in [7, 11) is 0. The second kappa shape index (κ2) is 7.02. The maximum Gasteiger partial charge on any atom is 0.365 e. The van der Waals surface area contributed by atoms with Gasteiger partial charge in [0.15, 0.2) is 5.17 Å². The number of nitro groups is 1. The lowest BCUT2D eigenvalue weighted by Crippen LogP contribution is -2.03. The minimum Gasteiger partial charge on any atom is -0.311 e. The number of nitro benzene ring substituents is 1. The van der Waals surface area contributed by atoms with Crippen LogP contribution in [0.3, 0.4) is 0 Å². The predicted octanol–water partition coefficient (Wildman–Crippen LogP) is 4.01. The molecule has 2 rings (SSSR count). The maximum absolute atomic E-state index is 11.7. The highest BCUT2D eigenvalue weighted by Crippen LogP contribution is 2.26. The Bertz CT molecular complexity index is 748. The van der Waals surface area contributed by atoms with Crippen LogP contribution in [0.15, 0.2) is 53.7 Å². The van der Waals surface area contributed by atoms with Gasteiger partial charge >= 0.3 is 5.97 Å². The summed E-state index contributed by atoms with van der Waals surface area (Å²) in [5.74, 6) is -0.692. The first-order valence-corrected chi connectivity index (χ1v) is 6.69. The van der Waals surface area contributed by atoms with E-state index >= 15 is 0 Å². The summed E-state index contributed by atoms with van der Waals surface area (Å²) in [5, 5.41) is 14.0. The third kappa shape index (κ3) is 3.81. The molecule has 8 heteroatoms. The standard InChI is InChI=1S/C14H8Cl2N2O4/c15-11-7-6-10(8-12(11)18(20)21)13(16)17-22-14(19)9-4-2-1-3-5-9/h1-8H/b17-13-. The number of benzene rings is 2. The Kier molecular flexibility index (Phi) is 5.08. The number of halogens is 2. The highest BCUT2D eigenvalue weighted by atomic mass is 35.5. The monoisotopic (exact) mass is 338 g/mol. The second-order valence-electron chi connectivity index (χ2n) is 4.05. The lowest BCUT2D eigenvalue weighted by molar-refractivity contribution is -0.384. The third-order valence-electron chi connectivity index (χ3n) is 2.60. The summed E-state index contributed by atoms with van der Waals surface area (Å²) in [6, 6.07) is 12.1. The number of nitrogens with zero attached hydrogens (tertiary/aromatic N) is 2.